The van der Waals surface area contributed by atoms with Gasteiger partial charge in [-0.3, -0.25) is 9.59 Å². The van der Waals surface area contributed by atoms with E-state index in [1.54, 1.807) is 11.8 Å². The number of carbonyl (C=O) groups excluding carboxylic acids is 2. The van der Waals surface area contributed by atoms with E-state index < -0.39 is 0 Å². The summed E-state index contributed by atoms with van der Waals surface area (Å²) in [5.41, 5.74) is 3.27. The maximum atomic E-state index is 12.6. The molecule has 0 atom stereocenters. The second kappa shape index (κ2) is 8.60. The van der Waals surface area contributed by atoms with Gasteiger partial charge in [0.05, 0.1) is 5.54 Å². The minimum Gasteiger partial charge on any atom is -0.340 e. The van der Waals surface area contributed by atoms with Crippen LogP contribution in [0, 0.1) is 0 Å². The van der Waals surface area contributed by atoms with Crippen LogP contribution in [0.4, 0.5) is 0 Å². The zero-order valence-electron chi connectivity index (χ0n) is 18.0. The fourth-order valence-corrected chi connectivity index (χ4v) is 5.12. The van der Waals surface area contributed by atoms with Gasteiger partial charge < -0.3 is 14.7 Å². The average molecular weight is 406 g/mol. The summed E-state index contributed by atoms with van der Waals surface area (Å²) >= 11 is 0. The Bertz CT molecular complexity index is 904. The molecule has 0 unspecified atom stereocenters. The molecule has 2 aromatic rings. The Labute approximate surface area is 179 Å². The molecule has 1 fully saturated rings. The lowest BCUT2D eigenvalue weighted by Gasteiger charge is -2.52. The number of amides is 2. The topological polar surface area (TPSA) is 43.9 Å². The third-order valence-corrected chi connectivity index (χ3v) is 6.82. The first-order chi connectivity index (χ1) is 14.5. The van der Waals surface area contributed by atoms with Crippen molar-refractivity contribution >= 4 is 11.8 Å². The highest BCUT2D eigenvalue weighted by Crippen LogP contribution is 2.43. The minimum absolute atomic E-state index is 0.0630. The summed E-state index contributed by atoms with van der Waals surface area (Å²) in [5.74, 6) is 0.235. The van der Waals surface area contributed by atoms with Crippen molar-refractivity contribution in [3.63, 3.8) is 0 Å². The van der Waals surface area contributed by atoms with Crippen LogP contribution in [0.2, 0.25) is 0 Å². The predicted octanol–water partition coefficient (Wildman–Crippen LogP) is 3.15. The van der Waals surface area contributed by atoms with Gasteiger partial charge in [-0.15, -0.1) is 0 Å². The molecule has 0 aromatic heterocycles. The number of rotatable bonds is 4. The Morgan fingerprint density at radius 1 is 0.967 bits per heavy atom. The van der Waals surface area contributed by atoms with E-state index in [0.29, 0.717) is 6.54 Å². The molecule has 1 spiro atoms. The lowest BCUT2D eigenvalue weighted by molar-refractivity contribution is -0.139. The molecule has 0 N–H and O–H groups in total. The van der Waals surface area contributed by atoms with Crippen LogP contribution in [0.25, 0.3) is 0 Å². The van der Waals surface area contributed by atoms with E-state index in [1.807, 2.05) is 37.4 Å². The number of fused-ring (bicyclic) bond motifs is 2. The molecule has 0 aliphatic carbocycles. The molecule has 2 aliphatic rings. The van der Waals surface area contributed by atoms with Gasteiger partial charge in [0, 0.05) is 52.3 Å². The summed E-state index contributed by atoms with van der Waals surface area (Å²) in [6, 6.07) is 18.1. The first-order valence-electron chi connectivity index (χ1n) is 10.9. The van der Waals surface area contributed by atoms with Gasteiger partial charge >= 0.3 is 0 Å². The number of benzene rings is 2. The largest absolute Gasteiger partial charge is 0.340 e. The smallest absolute Gasteiger partial charge is 0.253 e. The molecule has 2 aromatic carbocycles. The number of hydrogen-bond donors (Lipinski definition) is 0. The maximum absolute atomic E-state index is 12.6. The van der Waals surface area contributed by atoms with Crippen molar-refractivity contribution in [3.8, 4) is 0 Å². The molecule has 2 heterocycles. The highest BCUT2D eigenvalue weighted by atomic mass is 16.2. The summed E-state index contributed by atoms with van der Waals surface area (Å²) in [6.07, 6.45) is 2.83. The lowest BCUT2D eigenvalue weighted by atomic mass is 9.74. The summed E-state index contributed by atoms with van der Waals surface area (Å²) in [4.78, 5) is 31.4. The van der Waals surface area contributed by atoms with Crippen molar-refractivity contribution in [2.45, 2.75) is 31.7 Å². The highest BCUT2D eigenvalue weighted by molar-refractivity contribution is 5.93. The molecular weight excluding hydrogens is 374 g/mol. The van der Waals surface area contributed by atoms with Gasteiger partial charge in [-0.05, 0) is 42.5 Å². The van der Waals surface area contributed by atoms with Gasteiger partial charge in [-0.2, -0.15) is 0 Å². The number of piperidine rings is 1. The predicted molar refractivity (Wildman–Crippen MR) is 118 cm³/mol. The maximum Gasteiger partial charge on any atom is 0.253 e. The SMILES string of the molecule is CC(=O)N1CCc2ccccc2C12CCN(CCN(C)C(=O)c1ccccc1)CC2. The Balaban J connectivity index is 1.40. The van der Waals surface area contributed by atoms with Crippen LogP contribution in [0.1, 0.15) is 41.3 Å². The summed E-state index contributed by atoms with van der Waals surface area (Å²) in [6.45, 7) is 5.93. The Morgan fingerprint density at radius 3 is 2.33 bits per heavy atom. The van der Waals surface area contributed by atoms with Crippen LogP contribution < -0.4 is 0 Å². The van der Waals surface area contributed by atoms with E-state index in [9.17, 15) is 9.59 Å². The zero-order chi connectivity index (χ0) is 21.1. The third-order valence-electron chi connectivity index (χ3n) is 6.82. The van der Waals surface area contributed by atoms with Crippen molar-refractivity contribution in [1.82, 2.24) is 14.7 Å². The normalized spacial score (nSPS) is 18.1. The molecule has 4 rings (SSSR count). The molecule has 30 heavy (non-hydrogen) atoms. The van der Waals surface area contributed by atoms with Crippen LogP contribution in [-0.4, -0.2) is 66.3 Å². The van der Waals surface area contributed by atoms with Gasteiger partial charge in [0.25, 0.3) is 5.91 Å². The molecule has 0 bridgehead atoms. The van der Waals surface area contributed by atoms with E-state index >= 15 is 0 Å². The van der Waals surface area contributed by atoms with Crippen molar-refractivity contribution in [3.05, 3.63) is 71.3 Å². The van der Waals surface area contributed by atoms with Gasteiger partial charge in [0.2, 0.25) is 5.91 Å². The number of carbonyl (C=O) groups is 2. The minimum atomic E-state index is -0.178. The van der Waals surface area contributed by atoms with E-state index in [4.69, 9.17) is 0 Å². The summed E-state index contributed by atoms with van der Waals surface area (Å²) in [7, 11) is 1.87. The van der Waals surface area contributed by atoms with E-state index in [-0.39, 0.29) is 17.4 Å². The van der Waals surface area contributed by atoms with Crippen LogP contribution in [0.15, 0.2) is 54.6 Å². The summed E-state index contributed by atoms with van der Waals surface area (Å²) in [5, 5.41) is 0. The number of nitrogens with zero attached hydrogens (tertiary/aromatic N) is 3. The monoisotopic (exact) mass is 405 g/mol. The molecule has 2 aliphatic heterocycles. The van der Waals surface area contributed by atoms with E-state index in [2.05, 4.69) is 34.1 Å². The second-order valence-electron chi connectivity index (χ2n) is 8.54. The van der Waals surface area contributed by atoms with Crippen molar-refractivity contribution in [2.75, 3.05) is 39.8 Å². The average Bonchev–Trinajstić information content (AvgIpc) is 2.78. The number of hydrogen-bond acceptors (Lipinski definition) is 3. The first-order valence-corrected chi connectivity index (χ1v) is 10.9. The van der Waals surface area contributed by atoms with Crippen molar-refractivity contribution in [2.24, 2.45) is 0 Å². The van der Waals surface area contributed by atoms with Crippen LogP contribution in [0.5, 0.6) is 0 Å². The fourth-order valence-electron chi connectivity index (χ4n) is 5.12. The Hall–Kier alpha value is -2.66. The van der Waals surface area contributed by atoms with Gasteiger partial charge in [0.15, 0.2) is 0 Å². The fraction of sp³-hybridized carbons (Fsp3) is 0.440. The molecule has 0 radical (unpaired) electrons. The van der Waals surface area contributed by atoms with Crippen LogP contribution in [0.3, 0.4) is 0 Å². The van der Waals surface area contributed by atoms with Gasteiger partial charge in [0.1, 0.15) is 0 Å². The standard InChI is InChI=1S/C25H31N3O2/c1-20(29)28-15-12-21-8-6-7-11-23(21)25(28)13-16-27(17-14-25)19-18-26(2)24(30)22-9-4-3-5-10-22/h3-11H,12-19H2,1-2H3. The molecule has 0 saturated carbocycles. The molecule has 5 nitrogen and oxygen atoms in total. The van der Waals surface area contributed by atoms with Gasteiger partial charge in [-0.25, -0.2) is 0 Å². The van der Waals surface area contributed by atoms with Crippen molar-refractivity contribution < 1.29 is 9.59 Å². The lowest BCUT2D eigenvalue weighted by Crippen LogP contribution is -2.58. The molecule has 2 amide bonds. The van der Waals surface area contributed by atoms with Crippen LogP contribution in [-0.2, 0) is 16.8 Å². The first kappa shape index (κ1) is 20.6. The molecular formula is C25H31N3O2. The summed E-state index contributed by atoms with van der Waals surface area (Å²) < 4.78 is 0. The Morgan fingerprint density at radius 2 is 1.63 bits per heavy atom. The molecule has 158 valence electrons. The zero-order valence-corrected chi connectivity index (χ0v) is 18.0. The number of likely N-dealkylation sites (tertiary alicyclic amines) is 1. The second-order valence-corrected chi connectivity index (χ2v) is 8.54. The highest BCUT2D eigenvalue weighted by Gasteiger charge is 2.45. The molecule has 1 saturated heterocycles. The van der Waals surface area contributed by atoms with E-state index in [0.717, 1.165) is 51.0 Å². The van der Waals surface area contributed by atoms with Crippen LogP contribution >= 0.6 is 0 Å². The van der Waals surface area contributed by atoms with E-state index in [1.165, 1.54) is 11.1 Å². The van der Waals surface area contributed by atoms with Gasteiger partial charge in [-0.1, -0.05) is 42.5 Å². The third kappa shape index (κ3) is 3.86. The number of likely N-dealkylation sites (N-methyl/N-ethyl adjacent to an activating group) is 1. The molecule has 5 heteroatoms. The Kier molecular flexibility index (Phi) is 5.91. The van der Waals surface area contributed by atoms with Crippen molar-refractivity contribution in [1.29, 1.82) is 0 Å². The quantitative estimate of drug-likeness (QED) is 0.785.